The molecule has 2 aliphatic heterocycles. The highest BCUT2D eigenvalue weighted by molar-refractivity contribution is 5.37. The van der Waals surface area contributed by atoms with Gasteiger partial charge in [0.1, 0.15) is 0 Å². The van der Waals surface area contributed by atoms with Gasteiger partial charge in [-0.05, 0) is 36.7 Å². The fourth-order valence-corrected chi connectivity index (χ4v) is 3.01. The molecule has 0 bridgehead atoms. The van der Waals surface area contributed by atoms with Crippen LogP contribution in [0, 0.1) is 0 Å². The smallest absolute Gasteiger partial charge is 0.0237 e. The summed E-state index contributed by atoms with van der Waals surface area (Å²) in [6.07, 6.45) is 1.19. The van der Waals surface area contributed by atoms with E-state index in [1.807, 2.05) is 0 Å². The van der Waals surface area contributed by atoms with E-state index in [1.165, 1.54) is 38.2 Å². The number of piperazine rings is 1. The Bertz CT molecular complexity index is 408. The monoisotopic (exact) mass is 245 g/mol. The number of nitrogens with zero attached hydrogens (tertiary/aromatic N) is 2. The average molecular weight is 245 g/mol. The molecule has 1 fully saturated rings. The third-order valence-electron chi connectivity index (χ3n) is 4.23. The number of nitrogens with one attached hydrogen (secondary N) is 1. The maximum atomic E-state index is 3.46. The summed E-state index contributed by atoms with van der Waals surface area (Å²) < 4.78 is 0. The first kappa shape index (κ1) is 12.2. The molecule has 3 heteroatoms. The van der Waals surface area contributed by atoms with Gasteiger partial charge in [-0.15, -0.1) is 0 Å². The number of fused-ring (bicyclic) bond motifs is 1. The van der Waals surface area contributed by atoms with Crippen LogP contribution in [0.15, 0.2) is 18.2 Å². The van der Waals surface area contributed by atoms with E-state index in [2.05, 4.69) is 40.4 Å². The normalized spacial score (nSPS) is 21.8. The van der Waals surface area contributed by atoms with Crippen LogP contribution in [0.25, 0.3) is 0 Å². The van der Waals surface area contributed by atoms with Crippen LogP contribution in [-0.2, 0) is 19.5 Å². The van der Waals surface area contributed by atoms with Crippen molar-refractivity contribution < 1.29 is 0 Å². The molecule has 0 spiro atoms. The minimum absolute atomic E-state index is 1.05. The molecule has 18 heavy (non-hydrogen) atoms. The lowest BCUT2D eigenvalue weighted by molar-refractivity contribution is 0.148. The zero-order valence-electron chi connectivity index (χ0n) is 11.3. The van der Waals surface area contributed by atoms with Gasteiger partial charge in [-0.1, -0.05) is 18.2 Å². The Labute approximate surface area is 110 Å². The third-order valence-corrected chi connectivity index (χ3v) is 4.23. The van der Waals surface area contributed by atoms with E-state index in [4.69, 9.17) is 0 Å². The highest BCUT2D eigenvalue weighted by atomic mass is 15.2. The van der Waals surface area contributed by atoms with Crippen molar-refractivity contribution in [1.29, 1.82) is 0 Å². The van der Waals surface area contributed by atoms with Crippen LogP contribution >= 0.6 is 0 Å². The maximum absolute atomic E-state index is 3.46. The largest absolute Gasteiger partial charge is 0.312 e. The molecule has 1 aromatic rings. The van der Waals surface area contributed by atoms with E-state index in [9.17, 15) is 0 Å². The summed E-state index contributed by atoms with van der Waals surface area (Å²) in [4.78, 5) is 5.01. The molecule has 0 aromatic heterocycles. The average Bonchev–Trinajstić information content (AvgIpc) is 2.42. The highest BCUT2D eigenvalue weighted by Gasteiger charge is 2.17. The zero-order chi connectivity index (χ0) is 12.4. The van der Waals surface area contributed by atoms with Crippen LogP contribution in [0.2, 0.25) is 0 Å². The van der Waals surface area contributed by atoms with Crippen LogP contribution in [0.4, 0.5) is 0 Å². The van der Waals surface area contributed by atoms with Gasteiger partial charge in [0.05, 0.1) is 0 Å². The van der Waals surface area contributed by atoms with Gasteiger partial charge in [0, 0.05) is 39.3 Å². The summed E-state index contributed by atoms with van der Waals surface area (Å²) in [7, 11) is 2.22. The standard InChI is InChI=1S/C15H23N3/c1-17-7-9-18(10-8-17)12-14-4-2-3-13-11-16-6-5-15(13)14/h2-4,16H,5-12H2,1H3. The second kappa shape index (κ2) is 5.39. The van der Waals surface area contributed by atoms with E-state index in [-0.39, 0.29) is 0 Å². The van der Waals surface area contributed by atoms with Crippen molar-refractivity contribution >= 4 is 0 Å². The predicted molar refractivity (Wildman–Crippen MR) is 74.6 cm³/mol. The fraction of sp³-hybridized carbons (Fsp3) is 0.600. The molecule has 0 saturated carbocycles. The van der Waals surface area contributed by atoms with Crippen molar-refractivity contribution in [3.63, 3.8) is 0 Å². The molecule has 98 valence electrons. The number of rotatable bonds is 2. The van der Waals surface area contributed by atoms with Crippen LogP contribution in [0.3, 0.4) is 0 Å². The van der Waals surface area contributed by atoms with Crippen molar-refractivity contribution in [2.45, 2.75) is 19.5 Å². The van der Waals surface area contributed by atoms with Gasteiger partial charge in [0.25, 0.3) is 0 Å². The van der Waals surface area contributed by atoms with E-state index in [1.54, 1.807) is 11.1 Å². The summed E-state index contributed by atoms with van der Waals surface area (Å²) in [5, 5.41) is 3.46. The van der Waals surface area contributed by atoms with Crippen molar-refractivity contribution in [1.82, 2.24) is 15.1 Å². The second-order valence-electron chi connectivity index (χ2n) is 5.56. The summed E-state index contributed by atoms with van der Waals surface area (Å²) in [5.74, 6) is 0. The van der Waals surface area contributed by atoms with Gasteiger partial charge in [0.15, 0.2) is 0 Å². The predicted octanol–water partition coefficient (Wildman–Crippen LogP) is 1.08. The molecule has 3 nitrogen and oxygen atoms in total. The first-order valence-electron chi connectivity index (χ1n) is 7.04. The molecule has 3 rings (SSSR count). The Hall–Kier alpha value is -0.900. The molecule has 1 aromatic carbocycles. The molecule has 1 saturated heterocycles. The van der Waals surface area contributed by atoms with E-state index in [0.717, 1.165) is 19.6 Å². The Kier molecular flexibility index (Phi) is 3.64. The number of benzene rings is 1. The molecule has 2 heterocycles. The number of hydrogen-bond donors (Lipinski definition) is 1. The van der Waals surface area contributed by atoms with Crippen LogP contribution < -0.4 is 5.32 Å². The number of likely N-dealkylation sites (N-methyl/N-ethyl adjacent to an activating group) is 1. The van der Waals surface area contributed by atoms with Gasteiger partial charge < -0.3 is 10.2 Å². The summed E-state index contributed by atoms with van der Waals surface area (Å²) in [5.41, 5.74) is 4.67. The van der Waals surface area contributed by atoms with E-state index >= 15 is 0 Å². The lowest BCUT2D eigenvalue weighted by Crippen LogP contribution is -2.44. The van der Waals surface area contributed by atoms with E-state index < -0.39 is 0 Å². The zero-order valence-corrected chi connectivity index (χ0v) is 11.3. The Morgan fingerprint density at radius 3 is 2.83 bits per heavy atom. The Morgan fingerprint density at radius 2 is 2.00 bits per heavy atom. The minimum atomic E-state index is 1.05. The first-order chi connectivity index (χ1) is 8.83. The first-order valence-corrected chi connectivity index (χ1v) is 7.04. The summed E-state index contributed by atoms with van der Waals surface area (Å²) in [6.45, 7) is 8.14. The van der Waals surface area contributed by atoms with Crippen LogP contribution in [-0.4, -0.2) is 49.6 Å². The van der Waals surface area contributed by atoms with Gasteiger partial charge in [-0.2, -0.15) is 0 Å². The van der Waals surface area contributed by atoms with Gasteiger partial charge in [-0.3, -0.25) is 4.90 Å². The molecular formula is C15H23N3. The van der Waals surface area contributed by atoms with Crippen LogP contribution in [0.1, 0.15) is 16.7 Å². The van der Waals surface area contributed by atoms with Crippen molar-refractivity contribution in [2.24, 2.45) is 0 Å². The summed E-state index contributed by atoms with van der Waals surface area (Å²) in [6, 6.07) is 6.81. The fourth-order valence-electron chi connectivity index (χ4n) is 3.01. The lowest BCUT2D eigenvalue weighted by Gasteiger charge is -2.33. The van der Waals surface area contributed by atoms with Gasteiger partial charge in [-0.25, -0.2) is 0 Å². The Morgan fingerprint density at radius 1 is 1.17 bits per heavy atom. The highest BCUT2D eigenvalue weighted by Crippen LogP contribution is 2.20. The number of hydrogen-bond acceptors (Lipinski definition) is 3. The maximum Gasteiger partial charge on any atom is 0.0237 e. The lowest BCUT2D eigenvalue weighted by atomic mass is 9.95. The molecule has 0 unspecified atom stereocenters. The molecule has 0 aliphatic carbocycles. The molecular weight excluding hydrogens is 222 g/mol. The molecule has 2 aliphatic rings. The molecule has 1 N–H and O–H groups in total. The second-order valence-corrected chi connectivity index (χ2v) is 5.56. The van der Waals surface area contributed by atoms with E-state index in [0.29, 0.717) is 0 Å². The minimum Gasteiger partial charge on any atom is -0.312 e. The van der Waals surface area contributed by atoms with Crippen molar-refractivity contribution in [3.8, 4) is 0 Å². The third kappa shape index (κ3) is 2.58. The van der Waals surface area contributed by atoms with Crippen LogP contribution in [0.5, 0.6) is 0 Å². The molecule has 0 radical (unpaired) electrons. The Balaban J connectivity index is 1.72. The van der Waals surface area contributed by atoms with Gasteiger partial charge in [0.2, 0.25) is 0 Å². The summed E-state index contributed by atoms with van der Waals surface area (Å²) >= 11 is 0. The molecule has 0 amide bonds. The van der Waals surface area contributed by atoms with Gasteiger partial charge >= 0.3 is 0 Å². The van der Waals surface area contributed by atoms with Crippen molar-refractivity contribution in [2.75, 3.05) is 39.8 Å². The van der Waals surface area contributed by atoms with Crippen molar-refractivity contribution in [3.05, 3.63) is 34.9 Å². The molecule has 0 atom stereocenters. The topological polar surface area (TPSA) is 18.5 Å². The SMILES string of the molecule is CN1CCN(Cc2cccc3c2CCNC3)CC1. The quantitative estimate of drug-likeness (QED) is 0.841.